The first kappa shape index (κ1) is 24.4. The van der Waals surface area contributed by atoms with E-state index in [0.29, 0.717) is 42.6 Å². The van der Waals surface area contributed by atoms with Crippen molar-refractivity contribution in [2.75, 3.05) is 25.1 Å². The lowest BCUT2D eigenvalue weighted by molar-refractivity contribution is -0.112. The average Bonchev–Trinajstić information content (AvgIpc) is 3.22. The predicted molar refractivity (Wildman–Crippen MR) is 128 cm³/mol. The van der Waals surface area contributed by atoms with Gasteiger partial charge in [-0.2, -0.15) is 5.26 Å². The summed E-state index contributed by atoms with van der Waals surface area (Å²) >= 11 is 0. The van der Waals surface area contributed by atoms with Crippen molar-refractivity contribution in [1.29, 1.82) is 5.26 Å². The van der Waals surface area contributed by atoms with Gasteiger partial charge in [0.25, 0.3) is 5.91 Å². The fourth-order valence-corrected chi connectivity index (χ4v) is 3.25. The predicted octanol–water partition coefficient (Wildman–Crippen LogP) is 5.00. The minimum Gasteiger partial charge on any atom is -0.490 e. The first-order valence-corrected chi connectivity index (χ1v) is 10.9. The van der Waals surface area contributed by atoms with Gasteiger partial charge in [0, 0.05) is 6.07 Å². The molecule has 0 aliphatic heterocycles. The Labute approximate surface area is 198 Å². The van der Waals surface area contributed by atoms with E-state index in [2.05, 4.69) is 10.5 Å². The van der Waals surface area contributed by atoms with Gasteiger partial charge in [0.1, 0.15) is 36.4 Å². The molecular weight excluding hydrogens is 434 g/mol. The minimum atomic E-state index is -0.585. The maximum atomic E-state index is 12.4. The number of carbonyl (C=O) groups excluding carboxylic acids is 1. The summed E-state index contributed by atoms with van der Waals surface area (Å²) in [5.74, 6) is 2.12. The van der Waals surface area contributed by atoms with Gasteiger partial charge in [-0.05, 0) is 62.6 Å². The standard InChI is InChI=1S/C26H27N3O5/c1-5-31-23-15-20(14-21(16-27)26(30)28-24-13-19(4)34-29-24)9-10-22(23)32-11-12-33-25-17(2)7-6-8-18(25)3/h6-10,13-15H,5,11-12H2,1-4H3,(H,28,29,30). The molecule has 34 heavy (non-hydrogen) atoms. The molecule has 176 valence electrons. The van der Waals surface area contributed by atoms with Crippen molar-refractivity contribution in [3.8, 4) is 23.3 Å². The molecule has 8 nitrogen and oxygen atoms in total. The SMILES string of the molecule is CCOc1cc(C=C(C#N)C(=O)Nc2cc(C)on2)ccc1OCCOc1c(C)cccc1C. The zero-order valence-corrected chi connectivity index (χ0v) is 19.7. The number of hydrogen-bond donors (Lipinski definition) is 1. The van der Waals surface area contributed by atoms with Gasteiger partial charge in [0.2, 0.25) is 0 Å². The zero-order valence-electron chi connectivity index (χ0n) is 19.7. The number of amides is 1. The summed E-state index contributed by atoms with van der Waals surface area (Å²) in [4.78, 5) is 12.4. The van der Waals surface area contributed by atoms with Crippen LogP contribution in [0, 0.1) is 32.1 Å². The monoisotopic (exact) mass is 461 g/mol. The van der Waals surface area contributed by atoms with Crippen molar-refractivity contribution in [3.63, 3.8) is 0 Å². The molecule has 2 aromatic carbocycles. The molecule has 0 bridgehead atoms. The normalized spacial score (nSPS) is 11.0. The van der Waals surface area contributed by atoms with Crippen LogP contribution in [-0.4, -0.2) is 30.9 Å². The molecule has 8 heteroatoms. The quantitative estimate of drug-likeness (QED) is 0.257. The van der Waals surface area contributed by atoms with Gasteiger partial charge < -0.3 is 24.1 Å². The largest absolute Gasteiger partial charge is 0.490 e. The molecule has 0 radical (unpaired) electrons. The number of anilines is 1. The molecule has 1 N–H and O–H groups in total. The van der Waals surface area contributed by atoms with Crippen molar-refractivity contribution in [1.82, 2.24) is 5.16 Å². The number of aryl methyl sites for hydroxylation is 3. The molecule has 1 heterocycles. The number of hydrogen-bond acceptors (Lipinski definition) is 7. The summed E-state index contributed by atoms with van der Waals surface area (Å²) in [7, 11) is 0. The van der Waals surface area contributed by atoms with Gasteiger partial charge in [-0.15, -0.1) is 0 Å². The van der Waals surface area contributed by atoms with Crippen LogP contribution in [0.2, 0.25) is 0 Å². The molecule has 1 aromatic heterocycles. The summed E-state index contributed by atoms with van der Waals surface area (Å²) in [5, 5.41) is 15.7. The van der Waals surface area contributed by atoms with Gasteiger partial charge in [-0.1, -0.05) is 29.4 Å². The number of rotatable bonds is 10. The van der Waals surface area contributed by atoms with Gasteiger partial charge in [0.15, 0.2) is 17.3 Å². The van der Waals surface area contributed by atoms with Crippen LogP contribution in [0.3, 0.4) is 0 Å². The van der Waals surface area contributed by atoms with E-state index in [-0.39, 0.29) is 11.4 Å². The number of nitriles is 1. The highest BCUT2D eigenvalue weighted by Crippen LogP contribution is 2.30. The van der Waals surface area contributed by atoms with E-state index in [0.717, 1.165) is 16.9 Å². The van der Waals surface area contributed by atoms with Crippen LogP contribution in [0.1, 0.15) is 29.4 Å². The summed E-state index contributed by atoms with van der Waals surface area (Å²) in [6.07, 6.45) is 1.47. The first-order chi connectivity index (χ1) is 16.4. The van der Waals surface area contributed by atoms with Crippen LogP contribution in [0.5, 0.6) is 17.2 Å². The van der Waals surface area contributed by atoms with E-state index in [4.69, 9.17) is 18.7 Å². The summed E-state index contributed by atoms with van der Waals surface area (Å²) in [6, 6.07) is 14.7. The summed E-state index contributed by atoms with van der Waals surface area (Å²) < 4.78 is 22.4. The van der Waals surface area contributed by atoms with Crippen LogP contribution in [0.25, 0.3) is 6.08 Å². The number of aromatic nitrogens is 1. The lowest BCUT2D eigenvalue weighted by Gasteiger charge is -2.15. The van der Waals surface area contributed by atoms with Gasteiger partial charge in [-0.3, -0.25) is 4.79 Å². The molecule has 3 aromatic rings. The molecule has 0 saturated heterocycles. The molecule has 1 amide bonds. The van der Waals surface area contributed by atoms with Crippen molar-refractivity contribution in [2.24, 2.45) is 0 Å². The van der Waals surface area contributed by atoms with Gasteiger partial charge >= 0.3 is 0 Å². The van der Waals surface area contributed by atoms with E-state index in [9.17, 15) is 10.1 Å². The fraction of sp³-hybridized carbons (Fsp3) is 0.269. The fourth-order valence-electron chi connectivity index (χ4n) is 3.25. The number of ether oxygens (including phenoxy) is 3. The Bertz CT molecular complexity index is 1200. The molecule has 0 atom stereocenters. The van der Waals surface area contributed by atoms with Crippen molar-refractivity contribution in [2.45, 2.75) is 27.7 Å². The Morgan fingerprint density at radius 1 is 1.06 bits per heavy atom. The summed E-state index contributed by atoms with van der Waals surface area (Å²) in [5.41, 5.74) is 2.67. The smallest absolute Gasteiger partial charge is 0.267 e. The Kier molecular flexibility index (Phi) is 8.30. The lowest BCUT2D eigenvalue weighted by Crippen LogP contribution is -2.13. The molecule has 0 unspecified atom stereocenters. The number of nitrogens with zero attached hydrogens (tertiary/aromatic N) is 2. The van der Waals surface area contributed by atoms with Gasteiger partial charge in [0.05, 0.1) is 6.61 Å². The third-order valence-corrected chi connectivity index (χ3v) is 4.81. The molecule has 3 rings (SSSR count). The maximum Gasteiger partial charge on any atom is 0.267 e. The lowest BCUT2D eigenvalue weighted by atomic mass is 10.1. The topological polar surface area (TPSA) is 107 Å². The average molecular weight is 462 g/mol. The molecule has 0 aliphatic rings. The van der Waals surface area contributed by atoms with E-state index >= 15 is 0 Å². The zero-order chi connectivity index (χ0) is 24.5. The van der Waals surface area contributed by atoms with Crippen LogP contribution in [-0.2, 0) is 4.79 Å². The second kappa shape index (κ2) is 11.6. The van der Waals surface area contributed by atoms with E-state index in [1.165, 1.54) is 6.08 Å². The van der Waals surface area contributed by atoms with E-state index < -0.39 is 5.91 Å². The molecular formula is C26H27N3O5. The van der Waals surface area contributed by atoms with Crippen LogP contribution >= 0.6 is 0 Å². The van der Waals surface area contributed by atoms with Crippen molar-refractivity contribution in [3.05, 3.63) is 70.5 Å². The van der Waals surface area contributed by atoms with Crippen LogP contribution < -0.4 is 19.5 Å². The van der Waals surface area contributed by atoms with Gasteiger partial charge in [-0.25, -0.2) is 0 Å². The molecule has 0 fully saturated rings. The maximum absolute atomic E-state index is 12.4. The Morgan fingerprint density at radius 3 is 2.44 bits per heavy atom. The summed E-state index contributed by atoms with van der Waals surface area (Å²) in [6.45, 7) is 8.71. The third kappa shape index (κ3) is 6.39. The van der Waals surface area contributed by atoms with E-state index in [1.807, 2.05) is 45.0 Å². The Morgan fingerprint density at radius 2 is 1.79 bits per heavy atom. The Hall–Kier alpha value is -4.25. The molecule has 0 spiro atoms. The highest BCUT2D eigenvalue weighted by molar-refractivity contribution is 6.09. The number of para-hydroxylation sites is 1. The highest BCUT2D eigenvalue weighted by Gasteiger charge is 2.13. The molecule has 0 saturated carbocycles. The number of nitrogens with one attached hydrogen (secondary N) is 1. The van der Waals surface area contributed by atoms with Crippen molar-refractivity contribution < 1.29 is 23.5 Å². The highest BCUT2D eigenvalue weighted by atomic mass is 16.5. The van der Waals surface area contributed by atoms with Crippen molar-refractivity contribution >= 4 is 17.8 Å². The van der Waals surface area contributed by atoms with Crippen LogP contribution in [0.4, 0.5) is 5.82 Å². The number of benzene rings is 2. The minimum absolute atomic E-state index is 0.0845. The van der Waals surface area contributed by atoms with E-state index in [1.54, 1.807) is 31.2 Å². The first-order valence-electron chi connectivity index (χ1n) is 10.9. The molecule has 0 aliphatic carbocycles. The second-order valence-electron chi connectivity index (χ2n) is 7.50. The third-order valence-electron chi connectivity index (χ3n) is 4.81. The second-order valence-corrected chi connectivity index (χ2v) is 7.50. The van der Waals surface area contributed by atoms with Crippen LogP contribution in [0.15, 0.2) is 52.6 Å². The number of carbonyl (C=O) groups is 1. The Balaban J connectivity index is 1.67.